The van der Waals surface area contributed by atoms with Gasteiger partial charge in [0.05, 0.1) is 39.0 Å². The Balaban J connectivity index is 1.44. The molecule has 0 aliphatic heterocycles. The molecule has 0 aliphatic carbocycles. The Morgan fingerprint density at radius 2 is 1.84 bits per heavy atom. The van der Waals surface area contributed by atoms with Crippen LogP contribution < -0.4 is 16.2 Å². The molecule has 0 bridgehead atoms. The van der Waals surface area contributed by atoms with E-state index in [1.807, 2.05) is 0 Å². The number of benzene rings is 1. The number of halogens is 1. The molecular formula is C25H18ClN7O3S. The van der Waals surface area contributed by atoms with Gasteiger partial charge in [-0.05, 0) is 48.5 Å². The minimum absolute atomic E-state index is 0.143. The fraction of sp³-hybridized carbons (Fsp3) is 0.0400. The lowest BCUT2D eigenvalue weighted by Crippen LogP contribution is -2.21. The highest BCUT2D eigenvalue weighted by atomic mass is 35.5. The van der Waals surface area contributed by atoms with Crippen LogP contribution in [0.5, 0.6) is 0 Å². The molecule has 0 radical (unpaired) electrons. The molecule has 0 saturated carbocycles. The number of nitrogens with zero attached hydrogens (tertiary/aromatic N) is 5. The van der Waals surface area contributed by atoms with E-state index in [0.29, 0.717) is 37.5 Å². The second-order valence-electron chi connectivity index (χ2n) is 7.74. The molecular weight excluding hydrogens is 514 g/mol. The molecule has 10 nitrogen and oxygen atoms in total. The van der Waals surface area contributed by atoms with E-state index in [2.05, 4.69) is 25.9 Å². The quantitative estimate of drug-likeness (QED) is 0.330. The van der Waals surface area contributed by atoms with Gasteiger partial charge in [0, 0.05) is 30.2 Å². The monoisotopic (exact) mass is 531 g/mol. The summed E-state index contributed by atoms with van der Waals surface area (Å²) in [5.74, 6) is -0.627. The number of amides is 2. The standard InChI is InChI=1S/C25H18ClN7O3S/c26-22-7-6-21(37-22)25(36)28-14-17-15-33(31-30-17)20-5-4-18(32-12-2-1-3-23(32)34)13-19(20)29-24(35)16-8-10-27-11-9-16/h1-13,15H,14H2,(H,28,36)(H,29,35). The van der Waals surface area contributed by atoms with Crippen LogP contribution in [0.3, 0.4) is 0 Å². The topological polar surface area (TPSA) is 124 Å². The highest BCUT2D eigenvalue weighted by Crippen LogP contribution is 2.24. The van der Waals surface area contributed by atoms with Crippen LogP contribution >= 0.6 is 22.9 Å². The normalized spacial score (nSPS) is 10.7. The van der Waals surface area contributed by atoms with E-state index in [1.54, 1.807) is 67.0 Å². The van der Waals surface area contributed by atoms with Gasteiger partial charge in [-0.25, -0.2) is 4.68 Å². The fourth-order valence-corrected chi connectivity index (χ4v) is 4.46. The number of hydrogen-bond donors (Lipinski definition) is 2. The van der Waals surface area contributed by atoms with Crippen molar-refractivity contribution in [3.05, 3.63) is 116 Å². The lowest BCUT2D eigenvalue weighted by atomic mass is 10.2. The lowest BCUT2D eigenvalue weighted by molar-refractivity contribution is 0.0953. The molecule has 4 aromatic heterocycles. The summed E-state index contributed by atoms with van der Waals surface area (Å²) in [4.78, 5) is 42.0. The maximum atomic E-state index is 12.9. The Bertz CT molecular complexity index is 1650. The number of thiophene rings is 1. The molecule has 0 atom stereocenters. The minimum Gasteiger partial charge on any atom is -0.346 e. The van der Waals surface area contributed by atoms with Gasteiger partial charge >= 0.3 is 0 Å². The molecule has 1 aromatic carbocycles. The molecule has 0 unspecified atom stereocenters. The Morgan fingerprint density at radius 3 is 2.59 bits per heavy atom. The summed E-state index contributed by atoms with van der Waals surface area (Å²) in [6, 6.07) is 16.5. The molecule has 184 valence electrons. The van der Waals surface area contributed by atoms with E-state index in [4.69, 9.17) is 11.6 Å². The van der Waals surface area contributed by atoms with Crippen molar-refractivity contribution >= 4 is 40.4 Å². The van der Waals surface area contributed by atoms with Crippen LogP contribution in [0.15, 0.2) is 90.2 Å². The van der Waals surface area contributed by atoms with Gasteiger partial charge in [0.15, 0.2) is 0 Å². The van der Waals surface area contributed by atoms with E-state index in [9.17, 15) is 14.4 Å². The predicted octanol–water partition coefficient (Wildman–Crippen LogP) is 3.71. The SMILES string of the molecule is O=C(Nc1cc(-n2ccccc2=O)ccc1-n1cc(CNC(=O)c2ccc(Cl)s2)nn1)c1ccncc1. The number of nitrogens with one attached hydrogen (secondary N) is 2. The summed E-state index contributed by atoms with van der Waals surface area (Å²) in [5, 5.41) is 14.0. The van der Waals surface area contributed by atoms with Crippen molar-refractivity contribution in [1.82, 2.24) is 29.9 Å². The molecule has 2 amide bonds. The highest BCUT2D eigenvalue weighted by molar-refractivity contribution is 7.18. The average molecular weight is 532 g/mol. The number of carbonyl (C=O) groups excluding carboxylic acids is 2. The van der Waals surface area contributed by atoms with Crippen LogP contribution in [0.1, 0.15) is 25.7 Å². The first-order chi connectivity index (χ1) is 18.0. The van der Waals surface area contributed by atoms with E-state index in [0.717, 1.165) is 0 Å². The van der Waals surface area contributed by atoms with Gasteiger partial charge in [0.2, 0.25) is 0 Å². The van der Waals surface area contributed by atoms with Gasteiger partial charge in [-0.3, -0.25) is 23.9 Å². The Kier molecular flexibility index (Phi) is 6.88. The molecule has 5 aromatic rings. The van der Waals surface area contributed by atoms with Crippen LogP contribution in [-0.4, -0.2) is 36.4 Å². The second kappa shape index (κ2) is 10.6. The Labute approximate surface area is 219 Å². The molecule has 0 saturated heterocycles. The largest absolute Gasteiger partial charge is 0.346 e. The van der Waals surface area contributed by atoms with Crippen LogP contribution in [0.25, 0.3) is 11.4 Å². The number of hydrogen-bond acceptors (Lipinski definition) is 7. The average Bonchev–Trinajstić information content (AvgIpc) is 3.57. The van der Waals surface area contributed by atoms with E-state index in [1.165, 1.54) is 39.0 Å². The van der Waals surface area contributed by atoms with Crippen molar-refractivity contribution in [3.8, 4) is 11.4 Å². The summed E-state index contributed by atoms with van der Waals surface area (Å²) < 4.78 is 3.48. The molecule has 5 rings (SSSR count). The maximum Gasteiger partial charge on any atom is 0.261 e. The van der Waals surface area contributed by atoms with Crippen molar-refractivity contribution in [1.29, 1.82) is 0 Å². The zero-order valence-corrected chi connectivity index (χ0v) is 20.6. The van der Waals surface area contributed by atoms with Crippen LogP contribution in [0.4, 0.5) is 5.69 Å². The summed E-state index contributed by atoms with van der Waals surface area (Å²) in [7, 11) is 0. The third-order valence-electron chi connectivity index (χ3n) is 5.29. The number of carbonyl (C=O) groups is 2. The van der Waals surface area contributed by atoms with E-state index < -0.39 is 0 Å². The number of pyridine rings is 2. The number of aromatic nitrogens is 5. The third-order valence-corrected chi connectivity index (χ3v) is 6.52. The first-order valence-electron chi connectivity index (χ1n) is 11.0. The van der Waals surface area contributed by atoms with Crippen LogP contribution in [-0.2, 0) is 6.54 Å². The van der Waals surface area contributed by atoms with Crippen molar-refractivity contribution < 1.29 is 9.59 Å². The first kappa shape index (κ1) is 24.1. The minimum atomic E-state index is -0.358. The lowest BCUT2D eigenvalue weighted by Gasteiger charge is -2.14. The van der Waals surface area contributed by atoms with Crippen LogP contribution in [0, 0.1) is 0 Å². The zero-order chi connectivity index (χ0) is 25.8. The van der Waals surface area contributed by atoms with Crippen molar-refractivity contribution in [2.75, 3.05) is 5.32 Å². The van der Waals surface area contributed by atoms with Gasteiger partial charge in [-0.2, -0.15) is 0 Å². The van der Waals surface area contributed by atoms with Crippen molar-refractivity contribution in [2.45, 2.75) is 6.54 Å². The van der Waals surface area contributed by atoms with Gasteiger partial charge in [0.1, 0.15) is 5.69 Å². The first-order valence-corrected chi connectivity index (χ1v) is 12.2. The number of anilines is 1. The van der Waals surface area contributed by atoms with Gasteiger partial charge < -0.3 is 10.6 Å². The van der Waals surface area contributed by atoms with Gasteiger partial charge in [-0.15, -0.1) is 16.4 Å². The second-order valence-corrected chi connectivity index (χ2v) is 9.46. The Hall–Kier alpha value is -4.61. The van der Waals surface area contributed by atoms with Gasteiger partial charge in [0.25, 0.3) is 17.4 Å². The summed E-state index contributed by atoms with van der Waals surface area (Å²) in [5.41, 5.74) is 2.19. The molecule has 0 spiro atoms. The van der Waals surface area contributed by atoms with E-state index >= 15 is 0 Å². The molecule has 4 heterocycles. The third kappa shape index (κ3) is 5.47. The predicted molar refractivity (Wildman–Crippen MR) is 140 cm³/mol. The summed E-state index contributed by atoms with van der Waals surface area (Å²) in [6.45, 7) is 0.143. The van der Waals surface area contributed by atoms with Crippen molar-refractivity contribution in [2.24, 2.45) is 0 Å². The summed E-state index contributed by atoms with van der Waals surface area (Å²) >= 11 is 7.09. The van der Waals surface area contributed by atoms with Gasteiger partial charge in [-0.1, -0.05) is 22.9 Å². The zero-order valence-electron chi connectivity index (χ0n) is 19.0. The molecule has 12 heteroatoms. The molecule has 0 fully saturated rings. The van der Waals surface area contributed by atoms with E-state index in [-0.39, 0.29) is 23.9 Å². The smallest absolute Gasteiger partial charge is 0.261 e. The molecule has 37 heavy (non-hydrogen) atoms. The molecule has 0 aliphatic rings. The maximum absolute atomic E-state index is 12.9. The summed E-state index contributed by atoms with van der Waals surface area (Å²) in [6.07, 6.45) is 6.34. The van der Waals surface area contributed by atoms with Crippen LogP contribution in [0.2, 0.25) is 4.34 Å². The highest BCUT2D eigenvalue weighted by Gasteiger charge is 2.15. The van der Waals surface area contributed by atoms with Crippen molar-refractivity contribution in [3.63, 3.8) is 0 Å². The molecule has 2 N–H and O–H groups in total. The fourth-order valence-electron chi connectivity index (χ4n) is 3.50. The Morgan fingerprint density at radius 1 is 1.00 bits per heavy atom. The number of rotatable bonds is 7.